The molecule has 106 valence electrons. The highest BCUT2D eigenvalue weighted by atomic mass is 16.5. The fraction of sp³-hybridized carbons (Fsp3) is 0.625. The Kier molecular flexibility index (Phi) is 5.23. The minimum atomic E-state index is 0.355. The highest BCUT2D eigenvalue weighted by molar-refractivity contribution is 5.40. The zero-order valence-corrected chi connectivity index (χ0v) is 12.2. The first-order chi connectivity index (χ1) is 9.16. The summed E-state index contributed by atoms with van der Waals surface area (Å²) in [6.45, 7) is 9.86. The van der Waals surface area contributed by atoms with Gasteiger partial charge in [-0.15, -0.1) is 0 Å². The van der Waals surface area contributed by atoms with E-state index in [0.29, 0.717) is 12.0 Å². The van der Waals surface area contributed by atoms with Crippen LogP contribution in [0.25, 0.3) is 0 Å². The number of benzene rings is 1. The lowest BCUT2D eigenvalue weighted by Crippen LogP contribution is -2.24. The van der Waals surface area contributed by atoms with Gasteiger partial charge in [0.15, 0.2) is 0 Å². The molecule has 0 radical (unpaired) electrons. The maximum Gasteiger partial charge on any atom is 0.122 e. The molecule has 0 spiro atoms. The Bertz CT molecular complexity index is 404. The van der Waals surface area contributed by atoms with E-state index in [4.69, 9.17) is 9.47 Å². The van der Waals surface area contributed by atoms with Crippen molar-refractivity contribution in [2.75, 3.05) is 26.4 Å². The Balaban J connectivity index is 1.75. The Morgan fingerprint density at radius 1 is 1.32 bits per heavy atom. The van der Waals surface area contributed by atoms with E-state index in [-0.39, 0.29) is 0 Å². The predicted molar refractivity (Wildman–Crippen MR) is 77.7 cm³/mol. The first-order valence-electron chi connectivity index (χ1n) is 7.23. The van der Waals surface area contributed by atoms with Crippen molar-refractivity contribution in [2.45, 2.75) is 33.2 Å². The van der Waals surface area contributed by atoms with E-state index in [1.165, 1.54) is 11.1 Å². The normalized spacial score (nSPS) is 15.4. The van der Waals surface area contributed by atoms with Crippen molar-refractivity contribution in [2.24, 2.45) is 5.92 Å². The van der Waals surface area contributed by atoms with E-state index in [1.807, 2.05) is 0 Å². The Morgan fingerprint density at radius 3 is 2.95 bits per heavy atom. The molecule has 0 aromatic heterocycles. The molecule has 1 aliphatic heterocycles. The van der Waals surface area contributed by atoms with Gasteiger partial charge in [-0.25, -0.2) is 0 Å². The summed E-state index contributed by atoms with van der Waals surface area (Å²) in [5.41, 5.74) is 2.66. The standard InChI is InChI=1S/C16H25NO2/c1-12(2)11-18-9-7-17-13(3)14-4-5-16-15(10-14)6-8-19-16/h4-5,10,12-13,17H,6-9,11H2,1-3H3. The fourth-order valence-corrected chi connectivity index (χ4v) is 2.26. The van der Waals surface area contributed by atoms with Gasteiger partial charge < -0.3 is 14.8 Å². The molecular weight excluding hydrogens is 238 g/mol. The highest BCUT2D eigenvalue weighted by Gasteiger charge is 2.14. The maximum absolute atomic E-state index is 5.57. The van der Waals surface area contributed by atoms with Crippen LogP contribution in [-0.4, -0.2) is 26.4 Å². The van der Waals surface area contributed by atoms with Gasteiger partial charge in [0, 0.05) is 25.6 Å². The second-order valence-corrected chi connectivity index (χ2v) is 5.61. The third-order valence-corrected chi connectivity index (χ3v) is 3.36. The van der Waals surface area contributed by atoms with Gasteiger partial charge >= 0.3 is 0 Å². The molecule has 3 heteroatoms. The lowest BCUT2D eigenvalue weighted by molar-refractivity contribution is 0.110. The summed E-state index contributed by atoms with van der Waals surface area (Å²) >= 11 is 0. The average molecular weight is 263 g/mol. The fourth-order valence-electron chi connectivity index (χ4n) is 2.26. The molecule has 19 heavy (non-hydrogen) atoms. The molecule has 0 amide bonds. The third kappa shape index (κ3) is 4.22. The molecule has 1 atom stereocenters. The van der Waals surface area contributed by atoms with Crippen LogP contribution >= 0.6 is 0 Å². The van der Waals surface area contributed by atoms with E-state index < -0.39 is 0 Å². The molecule has 0 bridgehead atoms. The molecule has 1 aromatic rings. The van der Waals surface area contributed by atoms with Gasteiger partial charge in [-0.05, 0) is 30.0 Å². The first-order valence-corrected chi connectivity index (χ1v) is 7.23. The number of ether oxygens (including phenoxy) is 2. The third-order valence-electron chi connectivity index (χ3n) is 3.36. The van der Waals surface area contributed by atoms with Crippen LogP contribution in [0.5, 0.6) is 5.75 Å². The monoisotopic (exact) mass is 263 g/mol. The number of rotatable bonds is 7. The van der Waals surface area contributed by atoms with Crippen LogP contribution in [-0.2, 0) is 11.2 Å². The van der Waals surface area contributed by atoms with Crippen molar-refractivity contribution >= 4 is 0 Å². The Hall–Kier alpha value is -1.06. The van der Waals surface area contributed by atoms with E-state index in [0.717, 1.165) is 38.5 Å². The molecule has 1 heterocycles. The summed E-state index contributed by atoms with van der Waals surface area (Å²) in [6, 6.07) is 6.85. The quantitative estimate of drug-likeness (QED) is 0.767. The van der Waals surface area contributed by atoms with Crippen LogP contribution in [0.3, 0.4) is 0 Å². The van der Waals surface area contributed by atoms with Gasteiger partial charge in [0.25, 0.3) is 0 Å². The summed E-state index contributed by atoms with van der Waals surface area (Å²) in [5.74, 6) is 1.66. The smallest absolute Gasteiger partial charge is 0.122 e. The lowest BCUT2D eigenvalue weighted by Gasteiger charge is -2.15. The van der Waals surface area contributed by atoms with Gasteiger partial charge in [0.2, 0.25) is 0 Å². The number of hydrogen-bond donors (Lipinski definition) is 1. The Morgan fingerprint density at radius 2 is 2.16 bits per heavy atom. The van der Waals surface area contributed by atoms with Gasteiger partial charge in [-0.2, -0.15) is 0 Å². The number of hydrogen-bond acceptors (Lipinski definition) is 3. The van der Waals surface area contributed by atoms with E-state index in [2.05, 4.69) is 44.3 Å². The second kappa shape index (κ2) is 6.92. The van der Waals surface area contributed by atoms with Crippen LogP contribution in [0.2, 0.25) is 0 Å². The summed E-state index contributed by atoms with van der Waals surface area (Å²) in [7, 11) is 0. The van der Waals surface area contributed by atoms with Crippen LogP contribution in [0, 0.1) is 5.92 Å². The van der Waals surface area contributed by atoms with Crippen LogP contribution < -0.4 is 10.1 Å². The minimum absolute atomic E-state index is 0.355. The van der Waals surface area contributed by atoms with Crippen molar-refractivity contribution in [1.82, 2.24) is 5.32 Å². The van der Waals surface area contributed by atoms with Gasteiger partial charge in [-0.1, -0.05) is 26.0 Å². The minimum Gasteiger partial charge on any atom is -0.493 e. The van der Waals surface area contributed by atoms with Crippen LogP contribution in [0.15, 0.2) is 18.2 Å². The molecule has 2 rings (SSSR count). The molecule has 1 N–H and O–H groups in total. The molecule has 0 aliphatic carbocycles. The Labute approximate surface area is 116 Å². The molecule has 0 saturated carbocycles. The van der Waals surface area contributed by atoms with Crippen LogP contribution in [0.1, 0.15) is 37.9 Å². The topological polar surface area (TPSA) is 30.5 Å². The molecule has 1 aliphatic rings. The van der Waals surface area contributed by atoms with Crippen molar-refractivity contribution in [3.63, 3.8) is 0 Å². The summed E-state index contributed by atoms with van der Waals surface area (Å²) < 4.78 is 11.1. The van der Waals surface area contributed by atoms with Crippen molar-refractivity contribution in [3.05, 3.63) is 29.3 Å². The predicted octanol–water partition coefficient (Wildman–Crippen LogP) is 2.94. The molecule has 0 saturated heterocycles. The van der Waals surface area contributed by atoms with Crippen LogP contribution in [0.4, 0.5) is 0 Å². The van der Waals surface area contributed by atoms with Gasteiger partial charge in [0.1, 0.15) is 5.75 Å². The summed E-state index contributed by atoms with van der Waals surface area (Å²) in [4.78, 5) is 0. The van der Waals surface area contributed by atoms with E-state index >= 15 is 0 Å². The zero-order chi connectivity index (χ0) is 13.7. The van der Waals surface area contributed by atoms with Crippen molar-refractivity contribution in [3.8, 4) is 5.75 Å². The van der Waals surface area contributed by atoms with Gasteiger partial charge in [-0.3, -0.25) is 0 Å². The summed E-state index contributed by atoms with van der Waals surface area (Å²) in [6.07, 6.45) is 1.04. The molecule has 0 fully saturated rings. The molecule has 3 nitrogen and oxygen atoms in total. The lowest BCUT2D eigenvalue weighted by atomic mass is 10.0. The van der Waals surface area contributed by atoms with Crippen molar-refractivity contribution < 1.29 is 9.47 Å². The molecule has 1 unspecified atom stereocenters. The second-order valence-electron chi connectivity index (χ2n) is 5.61. The SMILES string of the molecule is CC(C)COCCNC(C)c1ccc2c(c1)CCO2. The molecule has 1 aromatic carbocycles. The van der Waals surface area contributed by atoms with Gasteiger partial charge in [0.05, 0.1) is 13.2 Å². The van der Waals surface area contributed by atoms with E-state index in [9.17, 15) is 0 Å². The van der Waals surface area contributed by atoms with E-state index in [1.54, 1.807) is 0 Å². The van der Waals surface area contributed by atoms with Crippen molar-refractivity contribution in [1.29, 1.82) is 0 Å². The number of nitrogens with one attached hydrogen (secondary N) is 1. The number of fused-ring (bicyclic) bond motifs is 1. The summed E-state index contributed by atoms with van der Waals surface area (Å²) in [5, 5.41) is 3.50. The first kappa shape index (κ1) is 14.4. The molecular formula is C16H25NO2. The maximum atomic E-state index is 5.57. The zero-order valence-electron chi connectivity index (χ0n) is 12.2. The average Bonchev–Trinajstić information content (AvgIpc) is 2.84. The largest absolute Gasteiger partial charge is 0.493 e. The highest BCUT2D eigenvalue weighted by Crippen LogP contribution is 2.27.